The third-order valence-corrected chi connectivity index (χ3v) is 2.73. The van der Waals surface area contributed by atoms with Crippen molar-refractivity contribution in [1.29, 1.82) is 0 Å². The number of anilines is 1. The highest BCUT2D eigenvalue weighted by atomic mass is 16.4. The van der Waals surface area contributed by atoms with Crippen molar-refractivity contribution in [2.24, 2.45) is 10.7 Å². The maximum atomic E-state index is 5.81. The highest BCUT2D eigenvalue weighted by molar-refractivity contribution is 5.95. The van der Waals surface area contributed by atoms with E-state index in [1.807, 2.05) is 38.1 Å². The van der Waals surface area contributed by atoms with E-state index in [4.69, 9.17) is 14.6 Å². The summed E-state index contributed by atoms with van der Waals surface area (Å²) in [5, 5.41) is 3.99. The second-order valence-electron chi connectivity index (χ2n) is 4.50. The van der Waals surface area contributed by atoms with Gasteiger partial charge in [0.1, 0.15) is 17.6 Å². The maximum absolute atomic E-state index is 5.81. The first-order chi connectivity index (χ1) is 9.60. The van der Waals surface area contributed by atoms with Gasteiger partial charge in [0.25, 0.3) is 0 Å². The minimum Gasteiger partial charge on any atom is -0.461 e. The second-order valence-corrected chi connectivity index (χ2v) is 4.50. The minimum absolute atomic E-state index is 0.214. The number of furan rings is 1. The van der Waals surface area contributed by atoms with Gasteiger partial charge in [0, 0.05) is 11.1 Å². The van der Waals surface area contributed by atoms with Gasteiger partial charge in [-0.25, -0.2) is 0 Å². The molecule has 3 rings (SSSR count). The van der Waals surface area contributed by atoms with Crippen molar-refractivity contribution in [3.8, 4) is 0 Å². The molecule has 0 aliphatic heterocycles. The van der Waals surface area contributed by atoms with Gasteiger partial charge in [-0.2, -0.15) is 9.98 Å². The molecule has 0 fully saturated rings. The molecule has 0 amide bonds. The van der Waals surface area contributed by atoms with E-state index in [1.165, 1.54) is 6.26 Å². The number of guanidine groups is 1. The molecule has 0 radical (unpaired) electrons. The molecule has 3 aromatic rings. The lowest BCUT2D eigenvalue weighted by atomic mass is 10.2. The highest BCUT2D eigenvalue weighted by Crippen LogP contribution is 2.22. The van der Waals surface area contributed by atoms with Crippen molar-refractivity contribution < 1.29 is 8.83 Å². The smallest absolute Gasteiger partial charge is 0.325 e. The fraction of sp³-hybridized carbons (Fsp3) is 0.143. The summed E-state index contributed by atoms with van der Waals surface area (Å²) in [5.74, 6) is 1.08. The number of aliphatic imine (C=N–C) groups is 1. The van der Waals surface area contributed by atoms with Crippen LogP contribution in [-0.4, -0.2) is 10.9 Å². The number of nitrogens with zero attached hydrogens (tertiary/aromatic N) is 2. The molecule has 2 heterocycles. The molecule has 3 N–H and O–H groups in total. The molecule has 0 spiro atoms. The topological polar surface area (TPSA) is 89.6 Å². The fourth-order valence-electron chi connectivity index (χ4n) is 1.93. The molecule has 0 bridgehead atoms. The lowest BCUT2D eigenvalue weighted by Gasteiger charge is -2.04. The van der Waals surface area contributed by atoms with Gasteiger partial charge in [0.15, 0.2) is 0 Å². The third-order valence-electron chi connectivity index (χ3n) is 2.73. The van der Waals surface area contributed by atoms with Gasteiger partial charge in [-0.05, 0) is 38.1 Å². The van der Waals surface area contributed by atoms with Crippen LogP contribution in [0.1, 0.15) is 11.5 Å². The third kappa shape index (κ3) is 2.49. The van der Waals surface area contributed by atoms with E-state index in [-0.39, 0.29) is 12.0 Å². The summed E-state index contributed by atoms with van der Waals surface area (Å²) in [5.41, 5.74) is 8.23. The number of aromatic nitrogens is 1. The number of aryl methyl sites for hydroxylation is 2. The Morgan fingerprint density at radius 2 is 2.15 bits per heavy atom. The molecule has 20 heavy (non-hydrogen) atoms. The molecular formula is C14H14N4O2. The average molecular weight is 270 g/mol. The number of nitrogens with two attached hydrogens (primary N) is 1. The van der Waals surface area contributed by atoms with Crippen LogP contribution in [0.15, 0.2) is 44.4 Å². The van der Waals surface area contributed by atoms with Gasteiger partial charge >= 0.3 is 6.01 Å². The van der Waals surface area contributed by atoms with Gasteiger partial charge in [0.05, 0.1) is 5.69 Å². The number of rotatable bonds is 2. The van der Waals surface area contributed by atoms with Crippen LogP contribution >= 0.6 is 0 Å². The standard InChI is InChI=1S/C14H14N4O2/c1-8-7-19-14(16-8)18-13(15)17-11-3-4-12-10(6-11)5-9(2)20-12/h3-7H,1-2H3,(H3,15,16,17,18). The molecule has 1 aromatic carbocycles. The summed E-state index contributed by atoms with van der Waals surface area (Å²) in [6.07, 6.45) is 1.52. The quantitative estimate of drug-likeness (QED) is 0.551. The number of oxazole rings is 1. The van der Waals surface area contributed by atoms with Crippen LogP contribution in [0, 0.1) is 13.8 Å². The first-order valence-electron chi connectivity index (χ1n) is 6.14. The van der Waals surface area contributed by atoms with E-state index < -0.39 is 0 Å². The van der Waals surface area contributed by atoms with Crippen molar-refractivity contribution in [2.75, 3.05) is 5.32 Å². The number of fused-ring (bicyclic) bond motifs is 1. The monoisotopic (exact) mass is 270 g/mol. The molecule has 0 aliphatic carbocycles. The first kappa shape index (κ1) is 12.3. The molecule has 0 saturated carbocycles. The first-order valence-corrected chi connectivity index (χ1v) is 6.14. The van der Waals surface area contributed by atoms with Gasteiger partial charge < -0.3 is 19.9 Å². The summed E-state index contributed by atoms with van der Waals surface area (Å²) in [6, 6.07) is 7.88. The normalized spacial score (nSPS) is 12.0. The lowest BCUT2D eigenvalue weighted by molar-refractivity contribution is 0.568. The van der Waals surface area contributed by atoms with E-state index in [2.05, 4.69) is 15.3 Å². The van der Waals surface area contributed by atoms with Crippen molar-refractivity contribution in [3.05, 3.63) is 42.0 Å². The minimum atomic E-state index is 0.214. The van der Waals surface area contributed by atoms with Crippen molar-refractivity contribution in [3.63, 3.8) is 0 Å². The number of benzene rings is 1. The van der Waals surface area contributed by atoms with Crippen LogP contribution in [0.5, 0.6) is 0 Å². The van der Waals surface area contributed by atoms with Gasteiger partial charge in [-0.15, -0.1) is 0 Å². The zero-order valence-corrected chi connectivity index (χ0v) is 11.2. The summed E-state index contributed by atoms with van der Waals surface area (Å²) < 4.78 is 10.6. The zero-order valence-electron chi connectivity index (χ0n) is 11.2. The molecule has 2 aromatic heterocycles. The Balaban J connectivity index is 1.83. The summed E-state index contributed by atoms with van der Waals surface area (Å²) in [4.78, 5) is 8.10. The number of nitrogens with one attached hydrogen (secondary N) is 1. The van der Waals surface area contributed by atoms with Crippen LogP contribution in [0.25, 0.3) is 11.0 Å². The largest absolute Gasteiger partial charge is 0.461 e. The van der Waals surface area contributed by atoms with Crippen LogP contribution in [-0.2, 0) is 0 Å². The van der Waals surface area contributed by atoms with Gasteiger partial charge in [0.2, 0.25) is 5.96 Å². The lowest BCUT2D eigenvalue weighted by Crippen LogP contribution is -2.21. The summed E-state index contributed by atoms with van der Waals surface area (Å²) in [7, 11) is 0. The van der Waals surface area contributed by atoms with E-state index in [1.54, 1.807) is 0 Å². The van der Waals surface area contributed by atoms with Gasteiger partial charge in [-0.3, -0.25) is 0 Å². The number of hydrogen-bond acceptors (Lipinski definition) is 4. The molecule has 0 atom stereocenters. The van der Waals surface area contributed by atoms with Crippen LogP contribution < -0.4 is 11.1 Å². The Morgan fingerprint density at radius 3 is 2.90 bits per heavy atom. The predicted octanol–water partition coefficient (Wildman–Crippen LogP) is 3.10. The van der Waals surface area contributed by atoms with Crippen molar-refractivity contribution >= 4 is 28.6 Å². The summed E-state index contributed by atoms with van der Waals surface area (Å²) >= 11 is 0. The molecule has 6 nitrogen and oxygen atoms in total. The van der Waals surface area contributed by atoms with Crippen LogP contribution in [0.4, 0.5) is 11.7 Å². The Hall–Kier alpha value is -2.76. The van der Waals surface area contributed by atoms with E-state index in [9.17, 15) is 0 Å². The molecule has 0 aliphatic rings. The SMILES string of the molecule is Cc1coc(N=C(N)Nc2ccc3oc(C)cc3c2)n1. The molecule has 102 valence electrons. The Bertz CT molecular complexity index is 785. The summed E-state index contributed by atoms with van der Waals surface area (Å²) in [6.45, 7) is 3.73. The van der Waals surface area contributed by atoms with Crippen molar-refractivity contribution in [2.45, 2.75) is 13.8 Å². The van der Waals surface area contributed by atoms with Crippen LogP contribution in [0.3, 0.4) is 0 Å². The molecule has 6 heteroatoms. The van der Waals surface area contributed by atoms with E-state index in [0.717, 1.165) is 28.1 Å². The average Bonchev–Trinajstić information content (AvgIpc) is 2.93. The Morgan fingerprint density at radius 1 is 1.30 bits per heavy atom. The second kappa shape index (κ2) is 4.73. The van der Waals surface area contributed by atoms with Crippen LogP contribution in [0.2, 0.25) is 0 Å². The van der Waals surface area contributed by atoms with E-state index >= 15 is 0 Å². The fourth-order valence-corrected chi connectivity index (χ4v) is 1.93. The Kier molecular flexibility index (Phi) is 2.90. The van der Waals surface area contributed by atoms with Gasteiger partial charge in [-0.1, -0.05) is 0 Å². The number of hydrogen-bond donors (Lipinski definition) is 2. The van der Waals surface area contributed by atoms with Crippen molar-refractivity contribution in [1.82, 2.24) is 4.98 Å². The highest BCUT2D eigenvalue weighted by Gasteiger charge is 2.04. The molecule has 0 unspecified atom stereocenters. The van der Waals surface area contributed by atoms with E-state index in [0.29, 0.717) is 0 Å². The molecular weight excluding hydrogens is 256 g/mol. The molecule has 0 saturated heterocycles. The zero-order chi connectivity index (χ0) is 14.1. The predicted molar refractivity (Wildman–Crippen MR) is 77.1 cm³/mol. The Labute approximate surface area is 115 Å². The maximum Gasteiger partial charge on any atom is 0.325 e.